The van der Waals surface area contributed by atoms with E-state index in [0.29, 0.717) is 0 Å². The zero-order chi connectivity index (χ0) is 12.3. The summed E-state index contributed by atoms with van der Waals surface area (Å²) < 4.78 is 0. The van der Waals surface area contributed by atoms with Gasteiger partial charge in [0.2, 0.25) is 0 Å². The van der Waals surface area contributed by atoms with Crippen LogP contribution in [0.5, 0.6) is 0 Å². The lowest BCUT2D eigenvalue weighted by atomic mass is 10.2. The maximum absolute atomic E-state index is 10.9. The van der Waals surface area contributed by atoms with Crippen molar-refractivity contribution in [2.24, 2.45) is 0 Å². The Morgan fingerprint density at radius 3 is 2.76 bits per heavy atom. The number of aliphatic carboxylic acids is 1. The Balaban J connectivity index is 1.80. The fourth-order valence-corrected chi connectivity index (χ4v) is 2.64. The Labute approximate surface area is 105 Å². The summed E-state index contributed by atoms with van der Waals surface area (Å²) in [6.07, 6.45) is 1.90. The molecule has 0 amide bonds. The molecule has 0 bridgehead atoms. The predicted octanol–water partition coefficient (Wildman–Crippen LogP) is 0.734. The van der Waals surface area contributed by atoms with Crippen molar-refractivity contribution < 1.29 is 9.90 Å². The SMILES string of the molecule is CC(C(=O)O)N1CCN(Cc2cncs2)CC1. The number of aromatic nitrogens is 1. The third kappa shape index (κ3) is 3.24. The molecule has 0 radical (unpaired) electrons. The second kappa shape index (κ2) is 5.57. The van der Waals surface area contributed by atoms with Crippen molar-refractivity contribution in [1.82, 2.24) is 14.8 Å². The summed E-state index contributed by atoms with van der Waals surface area (Å²) >= 11 is 1.67. The van der Waals surface area contributed by atoms with E-state index in [-0.39, 0.29) is 6.04 Å². The lowest BCUT2D eigenvalue weighted by Gasteiger charge is -2.36. The van der Waals surface area contributed by atoms with Crippen molar-refractivity contribution in [3.8, 4) is 0 Å². The number of rotatable bonds is 4. The molecule has 1 unspecified atom stereocenters. The zero-order valence-electron chi connectivity index (χ0n) is 9.87. The van der Waals surface area contributed by atoms with Crippen LogP contribution in [0.4, 0.5) is 0 Å². The van der Waals surface area contributed by atoms with Crippen LogP contribution in [0.1, 0.15) is 11.8 Å². The molecule has 0 spiro atoms. The van der Waals surface area contributed by atoms with Gasteiger partial charge in [0.15, 0.2) is 0 Å². The van der Waals surface area contributed by atoms with Gasteiger partial charge in [-0.05, 0) is 6.92 Å². The van der Waals surface area contributed by atoms with Crippen molar-refractivity contribution in [3.63, 3.8) is 0 Å². The van der Waals surface area contributed by atoms with E-state index in [1.165, 1.54) is 4.88 Å². The van der Waals surface area contributed by atoms with E-state index in [1.54, 1.807) is 18.3 Å². The van der Waals surface area contributed by atoms with Gasteiger partial charge < -0.3 is 5.11 Å². The highest BCUT2D eigenvalue weighted by atomic mass is 32.1. The van der Waals surface area contributed by atoms with Gasteiger partial charge in [-0.25, -0.2) is 0 Å². The van der Waals surface area contributed by atoms with Crippen molar-refractivity contribution in [3.05, 3.63) is 16.6 Å². The van der Waals surface area contributed by atoms with E-state index in [4.69, 9.17) is 5.11 Å². The van der Waals surface area contributed by atoms with E-state index in [1.807, 2.05) is 16.6 Å². The number of hydrogen-bond donors (Lipinski definition) is 1. The monoisotopic (exact) mass is 255 g/mol. The van der Waals surface area contributed by atoms with E-state index < -0.39 is 5.97 Å². The first-order valence-electron chi connectivity index (χ1n) is 5.73. The van der Waals surface area contributed by atoms with Crippen LogP contribution in [-0.2, 0) is 11.3 Å². The largest absolute Gasteiger partial charge is 0.480 e. The molecule has 0 aromatic carbocycles. The van der Waals surface area contributed by atoms with Gasteiger partial charge in [0.25, 0.3) is 0 Å². The van der Waals surface area contributed by atoms with Crippen LogP contribution < -0.4 is 0 Å². The van der Waals surface area contributed by atoms with Crippen LogP contribution in [0.3, 0.4) is 0 Å². The fraction of sp³-hybridized carbons (Fsp3) is 0.636. The molecule has 1 aliphatic rings. The first-order chi connectivity index (χ1) is 8.16. The van der Waals surface area contributed by atoms with Gasteiger partial charge in [-0.15, -0.1) is 11.3 Å². The molecule has 0 saturated carbocycles. The Morgan fingerprint density at radius 1 is 1.53 bits per heavy atom. The summed E-state index contributed by atoms with van der Waals surface area (Å²) in [7, 11) is 0. The maximum atomic E-state index is 10.9. The number of thiazole rings is 1. The van der Waals surface area contributed by atoms with Crippen LogP contribution in [0, 0.1) is 0 Å². The molecule has 5 nitrogen and oxygen atoms in total. The molecular formula is C11H17N3O2S. The summed E-state index contributed by atoms with van der Waals surface area (Å²) in [5.74, 6) is -0.735. The molecule has 1 aliphatic heterocycles. The number of carboxylic acid groups (broad SMARTS) is 1. The molecule has 2 heterocycles. The fourth-order valence-electron chi connectivity index (χ4n) is 2.01. The highest BCUT2D eigenvalue weighted by molar-refractivity contribution is 7.09. The van der Waals surface area contributed by atoms with Gasteiger partial charge in [-0.2, -0.15) is 0 Å². The van der Waals surface area contributed by atoms with Crippen molar-refractivity contribution in [2.45, 2.75) is 19.5 Å². The molecule has 1 saturated heterocycles. The van der Waals surface area contributed by atoms with Crippen molar-refractivity contribution >= 4 is 17.3 Å². The molecule has 1 N–H and O–H groups in total. The van der Waals surface area contributed by atoms with Crippen molar-refractivity contribution in [2.75, 3.05) is 26.2 Å². The third-order valence-corrected chi connectivity index (χ3v) is 3.94. The highest BCUT2D eigenvalue weighted by Gasteiger charge is 2.25. The first kappa shape index (κ1) is 12.5. The number of carbonyl (C=O) groups is 1. The molecule has 17 heavy (non-hydrogen) atoms. The molecule has 1 aromatic rings. The summed E-state index contributed by atoms with van der Waals surface area (Å²) in [6.45, 7) is 6.19. The molecule has 1 aromatic heterocycles. The molecule has 1 atom stereocenters. The van der Waals surface area contributed by atoms with E-state index in [9.17, 15) is 4.79 Å². The Hall–Kier alpha value is -0.980. The Kier molecular flexibility index (Phi) is 4.09. The summed E-state index contributed by atoms with van der Waals surface area (Å²) in [5.41, 5.74) is 1.85. The molecule has 1 fully saturated rings. The normalized spacial score (nSPS) is 20.3. The minimum Gasteiger partial charge on any atom is -0.480 e. The molecule has 94 valence electrons. The Morgan fingerprint density at radius 2 is 2.24 bits per heavy atom. The van der Waals surface area contributed by atoms with Gasteiger partial charge in [0.05, 0.1) is 5.51 Å². The highest BCUT2D eigenvalue weighted by Crippen LogP contribution is 2.13. The number of carboxylic acids is 1. The topological polar surface area (TPSA) is 56.7 Å². The van der Waals surface area contributed by atoms with Crippen LogP contribution in [0.15, 0.2) is 11.7 Å². The van der Waals surface area contributed by atoms with E-state index in [2.05, 4.69) is 9.88 Å². The van der Waals surface area contributed by atoms with Crippen LogP contribution in [-0.4, -0.2) is 58.1 Å². The van der Waals surface area contributed by atoms with Gasteiger partial charge in [0, 0.05) is 43.8 Å². The lowest BCUT2D eigenvalue weighted by Crippen LogP contribution is -2.51. The van der Waals surface area contributed by atoms with Gasteiger partial charge in [-0.3, -0.25) is 19.6 Å². The third-order valence-electron chi connectivity index (χ3n) is 3.17. The molecule has 6 heteroatoms. The van der Waals surface area contributed by atoms with E-state index >= 15 is 0 Å². The van der Waals surface area contributed by atoms with Gasteiger partial charge in [-0.1, -0.05) is 0 Å². The second-order valence-corrected chi connectivity index (χ2v) is 5.26. The Bertz CT molecular complexity index is 361. The number of piperazine rings is 1. The standard InChI is InChI=1S/C11H17N3O2S/c1-9(11(15)16)14-4-2-13(3-5-14)7-10-6-12-8-17-10/h6,8-9H,2-5,7H2,1H3,(H,15,16). The molecule has 2 rings (SSSR count). The quantitative estimate of drug-likeness (QED) is 0.859. The van der Waals surface area contributed by atoms with Gasteiger partial charge >= 0.3 is 5.97 Å². The van der Waals surface area contributed by atoms with Crippen LogP contribution in [0.25, 0.3) is 0 Å². The van der Waals surface area contributed by atoms with Crippen LogP contribution >= 0.6 is 11.3 Å². The van der Waals surface area contributed by atoms with Crippen LogP contribution in [0.2, 0.25) is 0 Å². The zero-order valence-corrected chi connectivity index (χ0v) is 10.7. The van der Waals surface area contributed by atoms with E-state index in [0.717, 1.165) is 32.7 Å². The summed E-state index contributed by atoms with van der Waals surface area (Å²) in [5, 5.41) is 8.95. The summed E-state index contributed by atoms with van der Waals surface area (Å²) in [4.78, 5) is 20.6. The lowest BCUT2D eigenvalue weighted by molar-refractivity contribution is -0.143. The first-order valence-corrected chi connectivity index (χ1v) is 6.61. The van der Waals surface area contributed by atoms with Gasteiger partial charge in [0.1, 0.15) is 6.04 Å². The summed E-state index contributed by atoms with van der Waals surface area (Å²) in [6, 6.07) is -0.374. The second-order valence-electron chi connectivity index (χ2n) is 4.29. The minimum atomic E-state index is -0.735. The number of hydrogen-bond acceptors (Lipinski definition) is 5. The smallest absolute Gasteiger partial charge is 0.320 e. The average Bonchev–Trinajstić information content (AvgIpc) is 2.82. The molecule has 0 aliphatic carbocycles. The van der Waals surface area contributed by atoms with Crippen molar-refractivity contribution in [1.29, 1.82) is 0 Å². The minimum absolute atomic E-state index is 0.374. The maximum Gasteiger partial charge on any atom is 0.320 e. The predicted molar refractivity (Wildman–Crippen MR) is 66.1 cm³/mol. The number of nitrogens with zero attached hydrogens (tertiary/aromatic N) is 3. The average molecular weight is 255 g/mol. The molecular weight excluding hydrogens is 238 g/mol.